The van der Waals surface area contributed by atoms with E-state index in [1.165, 1.54) is 0 Å². The molecule has 0 unspecified atom stereocenters. The van der Waals surface area contributed by atoms with E-state index in [4.69, 9.17) is 4.74 Å². The summed E-state index contributed by atoms with van der Waals surface area (Å²) in [5, 5.41) is 0. The van der Waals surface area contributed by atoms with E-state index in [9.17, 15) is 0 Å². The van der Waals surface area contributed by atoms with Crippen LogP contribution >= 0.6 is 0 Å². The number of rotatable bonds is 3. The Kier molecular flexibility index (Phi) is 9.20. The quantitative estimate of drug-likeness (QED) is 0.461. The molecule has 0 atom stereocenters. The van der Waals surface area contributed by atoms with Gasteiger partial charge in [-0.05, 0) is 25.0 Å². The van der Waals surface area contributed by atoms with Gasteiger partial charge in [-0.15, -0.1) is 0 Å². The maximum absolute atomic E-state index is 5.07. The zero-order valence-corrected chi connectivity index (χ0v) is 8.90. The van der Waals surface area contributed by atoms with E-state index in [0.717, 1.165) is 16.9 Å². The minimum Gasteiger partial charge on any atom is -0.496 e. The summed E-state index contributed by atoms with van der Waals surface area (Å²) in [6, 6.07) is 0. The van der Waals surface area contributed by atoms with Crippen LogP contribution in [0.2, 0.25) is 0 Å². The molecule has 70 valence electrons. The number of allylic oxidation sites excluding steroid dienone is 3. The first kappa shape index (κ1) is 13.6. The number of hydrogen-bond donors (Lipinski definition) is 0. The Balaban J connectivity index is 0. The maximum Gasteiger partial charge on any atom is 0.124 e. The van der Waals surface area contributed by atoms with Gasteiger partial charge in [-0.2, -0.15) is 0 Å². The van der Waals surface area contributed by atoms with E-state index in [-0.39, 0.29) is 0 Å². The average molecular weight is 168 g/mol. The smallest absolute Gasteiger partial charge is 0.124 e. The fourth-order valence-corrected chi connectivity index (χ4v) is 0.765. The van der Waals surface area contributed by atoms with Crippen molar-refractivity contribution < 1.29 is 4.74 Å². The van der Waals surface area contributed by atoms with Gasteiger partial charge in [0.2, 0.25) is 0 Å². The molecule has 0 amide bonds. The van der Waals surface area contributed by atoms with Crippen LogP contribution in [0.4, 0.5) is 0 Å². The van der Waals surface area contributed by atoms with E-state index in [2.05, 4.69) is 13.2 Å². The molecule has 0 aliphatic heterocycles. The highest BCUT2D eigenvalue weighted by molar-refractivity contribution is 5.30. The molecule has 0 aliphatic carbocycles. The van der Waals surface area contributed by atoms with Crippen molar-refractivity contribution in [2.24, 2.45) is 0 Å². The van der Waals surface area contributed by atoms with E-state index >= 15 is 0 Å². The van der Waals surface area contributed by atoms with Crippen molar-refractivity contribution in [3.8, 4) is 0 Å². The van der Waals surface area contributed by atoms with Crippen LogP contribution in [0.3, 0.4) is 0 Å². The molecule has 0 saturated heterocycles. The highest BCUT2D eigenvalue weighted by Crippen LogP contribution is 2.13. The molecule has 0 spiro atoms. The van der Waals surface area contributed by atoms with Gasteiger partial charge in [-0.1, -0.05) is 33.1 Å². The van der Waals surface area contributed by atoms with Gasteiger partial charge in [-0.25, -0.2) is 0 Å². The SMILES string of the molecule is C=C/C(C)=C(/OC)C(=C)C.CC. The summed E-state index contributed by atoms with van der Waals surface area (Å²) in [5.74, 6) is 0.829. The van der Waals surface area contributed by atoms with Gasteiger partial charge >= 0.3 is 0 Å². The summed E-state index contributed by atoms with van der Waals surface area (Å²) >= 11 is 0. The van der Waals surface area contributed by atoms with Crippen LogP contribution in [0.25, 0.3) is 0 Å². The summed E-state index contributed by atoms with van der Waals surface area (Å²) in [5.41, 5.74) is 1.95. The lowest BCUT2D eigenvalue weighted by atomic mass is 10.2. The summed E-state index contributed by atoms with van der Waals surface area (Å²) in [6.07, 6.45) is 1.76. The largest absolute Gasteiger partial charge is 0.496 e. The molecule has 0 aromatic carbocycles. The molecular formula is C11H20O. The topological polar surface area (TPSA) is 9.23 Å². The number of hydrogen-bond acceptors (Lipinski definition) is 1. The van der Waals surface area contributed by atoms with Gasteiger partial charge in [0, 0.05) is 0 Å². The van der Waals surface area contributed by atoms with Crippen LogP contribution in [0.1, 0.15) is 27.7 Å². The van der Waals surface area contributed by atoms with Crippen LogP contribution in [0.15, 0.2) is 36.1 Å². The zero-order chi connectivity index (χ0) is 10.1. The first-order valence-corrected chi connectivity index (χ1v) is 4.16. The second-order valence-electron chi connectivity index (χ2n) is 2.20. The molecule has 0 aliphatic rings. The van der Waals surface area contributed by atoms with E-state index in [1.54, 1.807) is 13.2 Å². The lowest BCUT2D eigenvalue weighted by Gasteiger charge is -2.06. The average Bonchev–Trinajstić information content (AvgIpc) is 2.08. The monoisotopic (exact) mass is 168 g/mol. The minimum absolute atomic E-state index is 0.829. The van der Waals surface area contributed by atoms with E-state index in [0.29, 0.717) is 0 Å². The molecule has 12 heavy (non-hydrogen) atoms. The van der Waals surface area contributed by atoms with Gasteiger partial charge in [0.15, 0.2) is 0 Å². The standard InChI is InChI=1S/C9H14O.C2H6/c1-6-8(4)9(10-5)7(2)3;1-2/h6H,1-2H2,3-5H3;1-2H3/b9-8+;. The van der Waals surface area contributed by atoms with Crippen LogP contribution < -0.4 is 0 Å². The van der Waals surface area contributed by atoms with E-state index in [1.807, 2.05) is 27.7 Å². The Morgan fingerprint density at radius 2 is 1.67 bits per heavy atom. The molecule has 0 heterocycles. The fraction of sp³-hybridized carbons (Fsp3) is 0.455. The predicted molar refractivity (Wildman–Crippen MR) is 56.1 cm³/mol. The van der Waals surface area contributed by atoms with E-state index < -0.39 is 0 Å². The lowest BCUT2D eigenvalue weighted by molar-refractivity contribution is 0.298. The summed E-state index contributed by atoms with van der Waals surface area (Å²) in [4.78, 5) is 0. The van der Waals surface area contributed by atoms with Crippen molar-refractivity contribution in [2.75, 3.05) is 7.11 Å². The zero-order valence-electron chi connectivity index (χ0n) is 8.90. The predicted octanol–water partition coefficient (Wildman–Crippen LogP) is 3.70. The Labute approximate surface area is 76.4 Å². The molecule has 0 fully saturated rings. The molecule has 0 saturated carbocycles. The Bertz CT molecular complexity index is 175. The molecule has 0 aromatic rings. The number of methoxy groups -OCH3 is 1. The second-order valence-corrected chi connectivity index (χ2v) is 2.20. The number of ether oxygens (including phenoxy) is 1. The van der Waals surface area contributed by atoms with Gasteiger partial charge in [-0.3, -0.25) is 0 Å². The second kappa shape index (κ2) is 8.12. The highest BCUT2D eigenvalue weighted by atomic mass is 16.5. The maximum atomic E-state index is 5.07. The summed E-state index contributed by atoms with van der Waals surface area (Å²) in [7, 11) is 1.64. The van der Waals surface area contributed by atoms with Gasteiger partial charge in [0.25, 0.3) is 0 Å². The normalized spacial score (nSPS) is 10.4. The van der Waals surface area contributed by atoms with Gasteiger partial charge < -0.3 is 4.74 Å². The molecule has 0 aromatic heterocycles. The first-order valence-electron chi connectivity index (χ1n) is 4.16. The molecule has 1 nitrogen and oxygen atoms in total. The van der Waals surface area contributed by atoms with Crippen LogP contribution in [-0.2, 0) is 4.74 Å². The molecule has 0 radical (unpaired) electrons. The van der Waals surface area contributed by atoms with Crippen molar-refractivity contribution in [1.82, 2.24) is 0 Å². The molecule has 0 N–H and O–H groups in total. The third-order valence-electron chi connectivity index (χ3n) is 1.26. The van der Waals surface area contributed by atoms with Crippen molar-refractivity contribution in [3.63, 3.8) is 0 Å². The molecule has 1 heteroatoms. The Hall–Kier alpha value is -0.980. The lowest BCUT2D eigenvalue weighted by Crippen LogP contribution is -1.90. The third kappa shape index (κ3) is 4.78. The van der Waals surface area contributed by atoms with Crippen LogP contribution in [0, 0.1) is 0 Å². The first-order chi connectivity index (χ1) is 5.63. The molecule has 0 bridgehead atoms. The van der Waals surface area contributed by atoms with Crippen LogP contribution in [-0.4, -0.2) is 7.11 Å². The fourth-order valence-electron chi connectivity index (χ4n) is 0.765. The third-order valence-corrected chi connectivity index (χ3v) is 1.26. The molecule has 0 rings (SSSR count). The van der Waals surface area contributed by atoms with Crippen molar-refractivity contribution in [3.05, 3.63) is 36.1 Å². The highest BCUT2D eigenvalue weighted by Gasteiger charge is 1.98. The Morgan fingerprint density at radius 1 is 1.25 bits per heavy atom. The minimum atomic E-state index is 0.829. The summed E-state index contributed by atoms with van der Waals surface area (Å²) in [6.45, 7) is 15.3. The summed E-state index contributed by atoms with van der Waals surface area (Å²) < 4.78 is 5.07. The van der Waals surface area contributed by atoms with Crippen molar-refractivity contribution >= 4 is 0 Å². The molecular weight excluding hydrogens is 148 g/mol. The van der Waals surface area contributed by atoms with Crippen LogP contribution in [0.5, 0.6) is 0 Å². The van der Waals surface area contributed by atoms with Crippen molar-refractivity contribution in [1.29, 1.82) is 0 Å². The van der Waals surface area contributed by atoms with Gasteiger partial charge in [0.1, 0.15) is 5.76 Å². The van der Waals surface area contributed by atoms with Crippen molar-refractivity contribution in [2.45, 2.75) is 27.7 Å². The van der Waals surface area contributed by atoms with Gasteiger partial charge in [0.05, 0.1) is 7.11 Å². The Morgan fingerprint density at radius 3 is 1.75 bits per heavy atom.